The van der Waals surface area contributed by atoms with Crippen LogP contribution in [0.15, 0.2) is 17.0 Å². The molecule has 3 aromatic rings. The molecule has 47 heavy (non-hydrogen) atoms. The van der Waals surface area contributed by atoms with Crippen LogP contribution in [0.5, 0.6) is 0 Å². The molecular formula is C28H32F6N8O5. The van der Waals surface area contributed by atoms with E-state index in [-0.39, 0.29) is 54.4 Å². The van der Waals surface area contributed by atoms with E-state index in [4.69, 9.17) is 4.74 Å². The first-order valence-electron chi connectivity index (χ1n) is 15.2. The van der Waals surface area contributed by atoms with Gasteiger partial charge in [-0.25, -0.2) is 45.5 Å². The Bertz CT molecular complexity index is 1620. The van der Waals surface area contributed by atoms with Crippen LogP contribution in [-0.2, 0) is 9.53 Å². The number of nitrogens with one attached hydrogen (secondary N) is 1. The largest absolute Gasteiger partial charge is 0.384 e. The molecule has 5 heterocycles. The minimum absolute atomic E-state index is 0.00916. The number of aliphatic hydroxyl groups is 1. The van der Waals surface area contributed by atoms with Crippen LogP contribution in [0.4, 0.5) is 26.3 Å². The molecule has 3 aliphatic rings. The predicted molar refractivity (Wildman–Crippen MR) is 145 cm³/mol. The van der Waals surface area contributed by atoms with Gasteiger partial charge in [-0.3, -0.25) is 9.59 Å². The first-order chi connectivity index (χ1) is 22.1. The summed E-state index contributed by atoms with van der Waals surface area (Å²) in [5, 5.41) is 25.0. The number of hydrogen-bond donors (Lipinski definition) is 2. The lowest BCUT2D eigenvalue weighted by molar-refractivity contribution is -0.182. The third-order valence-electron chi connectivity index (χ3n) is 9.22. The number of aromatic nitrogens is 6. The number of alkyl halides is 6. The number of nitrogens with zero attached hydrogens (tertiary/aromatic N) is 7. The van der Waals surface area contributed by atoms with Crippen molar-refractivity contribution in [2.45, 2.75) is 100 Å². The van der Waals surface area contributed by atoms with Crippen molar-refractivity contribution in [2.75, 3.05) is 13.2 Å². The predicted octanol–water partition coefficient (Wildman–Crippen LogP) is 3.59. The van der Waals surface area contributed by atoms with Crippen molar-refractivity contribution in [3.05, 3.63) is 35.2 Å². The van der Waals surface area contributed by atoms with Crippen LogP contribution in [-0.4, -0.2) is 94.8 Å². The molecule has 6 rings (SSSR count). The number of aryl methyl sites for hydroxylation is 1. The van der Waals surface area contributed by atoms with Gasteiger partial charge in [-0.2, -0.15) is 5.10 Å². The maximum absolute atomic E-state index is 14.0. The molecular weight excluding hydrogens is 642 g/mol. The summed E-state index contributed by atoms with van der Waals surface area (Å²) in [7, 11) is 0. The highest BCUT2D eigenvalue weighted by Crippen LogP contribution is 2.43. The minimum atomic E-state index is -3.16. The van der Waals surface area contributed by atoms with E-state index in [1.807, 2.05) is 0 Å². The van der Waals surface area contributed by atoms with Crippen LogP contribution < -0.4 is 5.32 Å². The van der Waals surface area contributed by atoms with Crippen LogP contribution >= 0.6 is 0 Å². The van der Waals surface area contributed by atoms with Crippen molar-refractivity contribution in [3.63, 3.8) is 0 Å². The molecule has 2 N–H and O–H groups in total. The monoisotopic (exact) mass is 674 g/mol. The summed E-state index contributed by atoms with van der Waals surface area (Å²) in [6.45, 7) is 0.213. The lowest BCUT2D eigenvalue weighted by Gasteiger charge is -2.44. The molecule has 1 saturated carbocycles. The number of rotatable bonds is 7. The second-order valence-electron chi connectivity index (χ2n) is 12.5. The number of fused-ring (bicyclic) bond motifs is 1. The van der Waals surface area contributed by atoms with Crippen LogP contribution in [0.25, 0.3) is 5.78 Å². The van der Waals surface area contributed by atoms with Gasteiger partial charge in [-0.05, 0) is 43.7 Å². The number of piperidine rings is 1. The van der Waals surface area contributed by atoms with E-state index in [9.17, 15) is 41.0 Å². The fourth-order valence-corrected chi connectivity index (χ4v) is 6.44. The molecule has 3 aromatic heterocycles. The Kier molecular flexibility index (Phi) is 8.65. The second-order valence-corrected chi connectivity index (χ2v) is 12.5. The Labute approximate surface area is 263 Å². The molecule has 13 nitrogen and oxygen atoms in total. The third-order valence-corrected chi connectivity index (χ3v) is 9.22. The Hall–Kier alpha value is -3.87. The Balaban J connectivity index is 1.31. The summed E-state index contributed by atoms with van der Waals surface area (Å²) >= 11 is 0. The van der Waals surface area contributed by atoms with Crippen molar-refractivity contribution < 1.29 is 50.4 Å². The lowest BCUT2D eigenvalue weighted by Crippen LogP contribution is -2.55. The quantitative estimate of drug-likeness (QED) is 0.355. The van der Waals surface area contributed by atoms with Gasteiger partial charge >= 0.3 is 0 Å². The van der Waals surface area contributed by atoms with Gasteiger partial charge in [0.2, 0.25) is 5.92 Å². The van der Waals surface area contributed by atoms with Crippen LogP contribution in [0.3, 0.4) is 0 Å². The average Bonchev–Trinajstić information content (AvgIpc) is 3.65. The van der Waals surface area contributed by atoms with Crippen molar-refractivity contribution in [3.8, 4) is 0 Å². The normalized spacial score (nSPS) is 27.2. The van der Waals surface area contributed by atoms with Crippen LogP contribution in [0, 0.1) is 12.8 Å². The van der Waals surface area contributed by atoms with Gasteiger partial charge in [-0.15, -0.1) is 0 Å². The Morgan fingerprint density at radius 2 is 1.77 bits per heavy atom. The van der Waals surface area contributed by atoms with Gasteiger partial charge < -0.3 is 20.1 Å². The second kappa shape index (κ2) is 12.3. The zero-order valence-electron chi connectivity index (χ0n) is 25.1. The van der Waals surface area contributed by atoms with E-state index >= 15 is 0 Å². The van der Waals surface area contributed by atoms with Gasteiger partial charge in [0.05, 0.1) is 35.9 Å². The molecule has 1 aliphatic carbocycles. The molecule has 3 fully saturated rings. The molecule has 2 aliphatic heterocycles. The highest BCUT2D eigenvalue weighted by Gasteiger charge is 2.49. The van der Waals surface area contributed by atoms with Crippen LogP contribution in [0.2, 0.25) is 0 Å². The molecule has 0 radical (unpaired) electrons. The Morgan fingerprint density at radius 3 is 2.40 bits per heavy atom. The van der Waals surface area contributed by atoms with E-state index in [2.05, 4.69) is 35.3 Å². The number of likely N-dealkylation sites (tertiary alicyclic amines) is 1. The smallest absolute Gasteiger partial charge is 0.276 e. The zero-order valence-corrected chi connectivity index (χ0v) is 25.1. The summed E-state index contributed by atoms with van der Waals surface area (Å²) in [5.74, 6) is -7.84. The minimum Gasteiger partial charge on any atom is -0.384 e. The number of halogens is 6. The summed E-state index contributed by atoms with van der Waals surface area (Å²) in [6, 6.07) is -2.13. The average molecular weight is 675 g/mol. The maximum atomic E-state index is 14.0. The highest BCUT2D eigenvalue weighted by molar-refractivity contribution is 5.93. The van der Waals surface area contributed by atoms with E-state index < -0.39 is 98.5 Å². The van der Waals surface area contributed by atoms with E-state index in [0.717, 1.165) is 0 Å². The van der Waals surface area contributed by atoms with Crippen LogP contribution in [0.1, 0.15) is 91.0 Å². The molecule has 4 atom stereocenters. The molecule has 19 heteroatoms. The Morgan fingerprint density at radius 1 is 1.04 bits per heavy atom. The molecule has 0 spiro atoms. The van der Waals surface area contributed by atoms with Crippen molar-refractivity contribution in [1.82, 2.24) is 40.1 Å². The fourth-order valence-electron chi connectivity index (χ4n) is 6.44. The lowest BCUT2D eigenvalue weighted by atomic mass is 9.81. The number of carbonyl (C=O) groups is 2. The maximum Gasteiger partial charge on any atom is 0.276 e. The topological polar surface area (TPSA) is 161 Å². The summed E-state index contributed by atoms with van der Waals surface area (Å²) in [5.41, 5.74) is -2.15. The number of imidazole rings is 1. The number of amides is 2. The van der Waals surface area contributed by atoms with E-state index in [1.54, 1.807) is 0 Å². The van der Waals surface area contributed by atoms with Crippen molar-refractivity contribution in [2.24, 2.45) is 5.92 Å². The summed E-state index contributed by atoms with van der Waals surface area (Å²) < 4.78 is 94.3. The molecule has 0 aromatic carbocycles. The number of carbonyl (C=O) groups excluding carboxylic acids is 2. The summed E-state index contributed by atoms with van der Waals surface area (Å²) in [4.78, 5) is 36.6. The van der Waals surface area contributed by atoms with Gasteiger partial charge in [0.25, 0.3) is 29.9 Å². The van der Waals surface area contributed by atoms with E-state index in [1.165, 1.54) is 28.7 Å². The van der Waals surface area contributed by atoms with Gasteiger partial charge in [-0.1, -0.05) is 5.16 Å². The fraction of sp³-hybridized carbons (Fsp3) is 0.679. The number of hydrogen-bond acceptors (Lipinski definition) is 10. The molecule has 2 saturated heterocycles. The SMILES string of the molecule is Cc1nonc1C(=O)N[C@H](c1cn2ncc([C@@H]3C[C@@](O)(C(F)F)CCN3C(=O)[C@@H]3CCC(F)(F)CO3)nc2n1)C1CCC(F)(F)CC1. The first-order valence-corrected chi connectivity index (χ1v) is 15.2. The molecule has 2 amide bonds. The van der Waals surface area contributed by atoms with Crippen molar-refractivity contribution >= 4 is 17.6 Å². The molecule has 0 unspecified atom stereocenters. The standard InChI is InChI=1S/C28H32F6N8O5/c1-14-20(40-47-39-14)22(43)38-21(15-2-5-27(31,32)6-3-15)17-12-42-25(37-17)36-16(11-35-42)18-10-26(45,24(29)30)8-9-41(18)23(44)19-4-7-28(33,34)13-46-19/h11-12,15,18-19,21,24,45H,2-10,13H2,1H3,(H,38,43)/t18-,19-,21-,26+/m0/s1. The molecule has 0 bridgehead atoms. The first kappa shape index (κ1) is 33.0. The zero-order chi connectivity index (χ0) is 33.7. The van der Waals surface area contributed by atoms with Gasteiger partial charge in [0.1, 0.15) is 24.0 Å². The van der Waals surface area contributed by atoms with Gasteiger partial charge in [0.15, 0.2) is 5.69 Å². The summed E-state index contributed by atoms with van der Waals surface area (Å²) in [6.07, 6.45) is -4.39. The van der Waals surface area contributed by atoms with Crippen molar-refractivity contribution in [1.29, 1.82) is 0 Å². The highest BCUT2D eigenvalue weighted by atomic mass is 19.3. The molecule has 256 valence electrons. The third kappa shape index (κ3) is 6.77. The number of ether oxygens (including phenoxy) is 1. The van der Waals surface area contributed by atoms with E-state index in [0.29, 0.717) is 0 Å². The van der Waals surface area contributed by atoms with Gasteiger partial charge in [0, 0.05) is 32.2 Å².